The van der Waals surface area contributed by atoms with Gasteiger partial charge in [-0.1, -0.05) is 41.0 Å². The van der Waals surface area contributed by atoms with Crippen molar-refractivity contribution in [2.75, 3.05) is 0 Å². The summed E-state index contributed by atoms with van der Waals surface area (Å²) in [5.41, 5.74) is -1.69. The van der Waals surface area contributed by atoms with Gasteiger partial charge in [0.1, 0.15) is 0 Å². The Morgan fingerprint density at radius 3 is 1.62 bits per heavy atom. The van der Waals surface area contributed by atoms with Crippen molar-refractivity contribution >= 4 is 0 Å². The number of hydrogen-bond acceptors (Lipinski definition) is 0. The summed E-state index contributed by atoms with van der Waals surface area (Å²) >= 11 is 0. The summed E-state index contributed by atoms with van der Waals surface area (Å²) in [4.78, 5) is 0. The van der Waals surface area contributed by atoms with Crippen molar-refractivity contribution in [2.24, 2.45) is 16.2 Å². The summed E-state index contributed by atoms with van der Waals surface area (Å²) in [5, 5.41) is 0. The van der Waals surface area contributed by atoms with E-state index in [9.17, 15) is 13.2 Å². The van der Waals surface area contributed by atoms with Gasteiger partial charge in [0.2, 0.25) is 0 Å². The molecule has 16 heavy (non-hydrogen) atoms. The minimum atomic E-state index is -4.02. The fraction of sp³-hybridized carbons (Fsp3) is 1.00. The van der Waals surface area contributed by atoms with Crippen molar-refractivity contribution in [3.8, 4) is 0 Å². The van der Waals surface area contributed by atoms with Crippen LogP contribution in [0.4, 0.5) is 13.2 Å². The van der Waals surface area contributed by atoms with Crippen LogP contribution in [0.2, 0.25) is 0 Å². The Kier molecular flexibility index (Phi) is 3.15. The second-order valence-electron chi connectivity index (χ2n) is 6.58. The first kappa shape index (κ1) is 13.9. The van der Waals surface area contributed by atoms with E-state index >= 15 is 0 Å². The Morgan fingerprint density at radius 2 is 1.38 bits per heavy atom. The highest BCUT2D eigenvalue weighted by molar-refractivity contribution is 5.04. The SMILES string of the molecule is CCC(C)(C)C(C)(C)CC1(C(F)(F)F)CC1. The predicted octanol–water partition coefficient (Wildman–Crippen LogP) is 5.18. The average Bonchev–Trinajstić information content (AvgIpc) is 2.83. The van der Waals surface area contributed by atoms with Gasteiger partial charge in [-0.15, -0.1) is 0 Å². The van der Waals surface area contributed by atoms with E-state index in [0.717, 1.165) is 6.42 Å². The Bertz CT molecular complexity index is 257. The maximum Gasteiger partial charge on any atom is 0.394 e. The van der Waals surface area contributed by atoms with Gasteiger partial charge in [0.25, 0.3) is 0 Å². The molecule has 0 aromatic rings. The molecule has 0 amide bonds. The van der Waals surface area contributed by atoms with Crippen molar-refractivity contribution in [1.82, 2.24) is 0 Å². The number of halogens is 3. The van der Waals surface area contributed by atoms with Crippen molar-refractivity contribution < 1.29 is 13.2 Å². The van der Waals surface area contributed by atoms with Gasteiger partial charge in [-0.3, -0.25) is 0 Å². The lowest BCUT2D eigenvalue weighted by Crippen LogP contribution is -2.38. The van der Waals surface area contributed by atoms with Gasteiger partial charge < -0.3 is 0 Å². The Balaban J connectivity index is 2.82. The lowest BCUT2D eigenvalue weighted by atomic mass is 9.62. The summed E-state index contributed by atoms with van der Waals surface area (Å²) in [5.74, 6) is 0. The molecule has 0 atom stereocenters. The van der Waals surface area contributed by atoms with Crippen LogP contribution < -0.4 is 0 Å². The molecule has 0 aliphatic heterocycles. The normalized spacial score (nSPS) is 21.0. The van der Waals surface area contributed by atoms with Crippen molar-refractivity contribution in [2.45, 2.75) is 66.5 Å². The standard InChI is InChI=1S/C13H23F3/c1-6-10(2,3)11(4,5)9-12(7-8-12)13(14,15)16/h6-9H2,1-5H3. The van der Waals surface area contributed by atoms with Crippen LogP contribution in [0, 0.1) is 16.2 Å². The summed E-state index contributed by atoms with van der Waals surface area (Å²) in [6, 6.07) is 0. The number of hydrogen-bond donors (Lipinski definition) is 0. The highest BCUT2D eigenvalue weighted by Gasteiger charge is 2.65. The van der Waals surface area contributed by atoms with Crippen LogP contribution >= 0.6 is 0 Å². The number of rotatable bonds is 4. The highest BCUT2D eigenvalue weighted by atomic mass is 19.4. The molecule has 0 aromatic carbocycles. The zero-order chi connectivity index (χ0) is 12.8. The van der Waals surface area contributed by atoms with Crippen LogP contribution in [0.1, 0.15) is 60.3 Å². The summed E-state index contributed by atoms with van der Waals surface area (Å²) in [6.07, 6.45) is -2.20. The molecule has 0 N–H and O–H groups in total. The van der Waals surface area contributed by atoms with E-state index in [0.29, 0.717) is 12.8 Å². The Morgan fingerprint density at radius 1 is 0.938 bits per heavy atom. The topological polar surface area (TPSA) is 0 Å². The Labute approximate surface area is 96.6 Å². The second kappa shape index (κ2) is 3.64. The maximum absolute atomic E-state index is 12.9. The lowest BCUT2D eigenvalue weighted by Gasteiger charge is -2.44. The molecule has 0 aromatic heterocycles. The molecule has 1 saturated carbocycles. The largest absolute Gasteiger partial charge is 0.394 e. The molecule has 0 radical (unpaired) electrons. The third kappa shape index (κ3) is 2.23. The van der Waals surface area contributed by atoms with Gasteiger partial charge in [-0.25, -0.2) is 0 Å². The van der Waals surface area contributed by atoms with Crippen molar-refractivity contribution in [3.05, 3.63) is 0 Å². The van der Waals surface area contributed by atoms with Crippen molar-refractivity contribution in [1.29, 1.82) is 0 Å². The third-order valence-corrected chi connectivity index (χ3v) is 4.95. The summed E-state index contributed by atoms with van der Waals surface area (Å²) in [6.45, 7) is 10.1. The lowest BCUT2D eigenvalue weighted by molar-refractivity contribution is -0.199. The maximum atomic E-state index is 12.9. The Hall–Kier alpha value is -0.210. The van der Waals surface area contributed by atoms with Crippen LogP contribution in [-0.2, 0) is 0 Å². The molecule has 0 nitrogen and oxygen atoms in total. The van der Waals surface area contributed by atoms with Crippen LogP contribution in [0.15, 0.2) is 0 Å². The van der Waals surface area contributed by atoms with Crippen LogP contribution in [0.5, 0.6) is 0 Å². The molecule has 0 unspecified atom stereocenters. The fourth-order valence-electron chi connectivity index (χ4n) is 2.28. The molecular formula is C13H23F3. The molecule has 96 valence electrons. The van der Waals surface area contributed by atoms with E-state index in [1.54, 1.807) is 0 Å². The van der Waals surface area contributed by atoms with Crippen LogP contribution in [0.25, 0.3) is 0 Å². The van der Waals surface area contributed by atoms with E-state index in [4.69, 9.17) is 0 Å². The molecule has 1 aliphatic rings. The zero-order valence-corrected chi connectivity index (χ0v) is 11.0. The average molecular weight is 236 g/mol. The van der Waals surface area contributed by atoms with E-state index in [1.807, 2.05) is 13.8 Å². The molecule has 3 heteroatoms. The van der Waals surface area contributed by atoms with Gasteiger partial charge in [0.15, 0.2) is 0 Å². The molecule has 0 saturated heterocycles. The van der Waals surface area contributed by atoms with E-state index < -0.39 is 11.6 Å². The fourth-order valence-corrected chi connectivity index (χ4v) is 2.28. The van der Waals surface area contributed by atoms with Gasteiger partial charge in [-0.2, -0.15) is 13.2 Å². The molecule has 0 heterocycles. The van der Waals surface area contributed by atoms with Gasteiger partial charge in [-0.05, 0) is 30.1 Å². The first-order chi connectivity index (χ1) is 6.97. The highest BCUT2D eigenvalue weighted by Crippen LogP contribution is 2.65. The van der Waals surface area contributed by atoms with E-state index in [1.165, 1.54) is 0 Å². The molecule has 0 spiro atoms. The van der Waals surface area contributed by atoms with Gasteiger partial charge >= 0.3 is 6.18 Å². The smallest absolute Gasteiger partial charge is 0.171 e. The molecule has 1 fully saturated rings. The van der Waals surface area contributed by atoms with E-state index in [2.05, 4.69) is 20.8 Å². The minimum Gasteiger partial charge on any atom is -0.171 e. The zero-order valence-electron chi connectivity index (χ0n) is 11.0. The number of alkyl halides is 3. The van der Waals surface area contributed by atoms with E-state index in [-0.39, 0.29) is 17.3 Å². The summed E-state index contributed by atoms with van der Waals surface area (Å²) < 4.78 is 38.8. The minimum absolute atomic E-state index is 0.0478. The third-order valence-electron chi connectivity index (χ3n) is 4.95. The molecule has 0 bridgehead atoms. The summed E-state index contributed by atoms with van der Waals surface area (Å²) in [7, 11) is 0. The van der Waals surface area contributed by atoms with Gasteiger partial charge in [0, 0.05) is 0 Å². The van der Waals surface area contributed by atoms with Crippen LogP contribution in [-0.4, -0.2) is 6.18 Å². The predicted molar refractivity (Wildman–Crippen MR) is 60.2 cm³/mol. The first-order valence-electron chi connectivity index (χ1n) is 6.04. The molecule has 1 rings (SSSR count). The van der Waals surface area contributed by atoms with Crippen molar-refractivity contribution in [3.63, 3.8) is 0 Å². The quantitative estimate of drug-likeness (QED) is 0.630. The second-order valence-corrected chi connectivity index (χ2v) is 6.58. The van der Waals surface area contributed by atoms with Gasteiger partial charge in [0.05, 0.1) is 5.41 Å². The van der Waals surface area contributed by atoms with Crippen LogP contribution in [0.3, 0.4) is 0 Å². The molecule has 1 aliphatic carbocycles. The molecular weight excluding hydrogens is 213 g/mol. The first-order valence-corrected chi connectivity index (χ1v) is 6.04. The monoisotopic (exact) mass is 236 g/mol.